The molecule has 0 bridgehead atoms. The minimum Gasteiger partial charge on any atom is -0.337 e. The van der Waals surface area contributed by atoms with Crippen LogP contribution in [0.5, 0.6) is 0 Å². The smallest absolute Gasteiger partial charge is 0.260 e. The van der Waals surface area contributed by atoms with Crippen molar-refractivity contribution in [3.63, 3.8) is 0 Å². The molecule has 1 amide bonds. The van der Waals surface area contributed by atoms with Crippen molar-refractivity contribution in [2.45, 2.75) is 18.0 Å². The van der Waals surface area contributed by atoms with Crippen LogP contribution in [0.4, 0.5) is 0 Å². The number of nitrogens with zero attached hydrogens (tertiary/aromatic N) is 4. The average molecular weight is 415 g/mol. The quantitative estimate of drug-likeness (QED) is 0.712. The molecular formula is C16H23ClN6O3S. The van der Waals surface area contributed by atoms with Gasteiger partial charge in [0.15, 0.2) is 5.03 Å². The van der Waals surface area contributed by atoms with Gasteiger partial charge in [0.25, 0.3) is 10.0 Å². The molecule has 3 rings (SSSR count). The first-order valence-corrected chi connectivity index (χ1v) is 9.76. The predicted octanol–water partition coefficient (Wildman–Crippen LogP) is -0.00328. The molecule has 1 saturated heterocycles. The van der Waals surface area contributed by atoms with Crippen molar-refractivity contribution < 1.29 is 13.2 Å². The number of piperazine rings is 1. The number of pyridine rings is 1. The number of hydrogen-bond acceptors (Lipinski definition) is 6. The third-order valence-corrected chi connectivity index (χ3v) is 5.68. The number of sulfonamides is 1. The molecule has 27 heavy (non-hydrogen) atoms. The Morgan fingerprint density at radius 3 is 2.85 bits per heavy atom. The number of carbonyl (C=O) groups is 1. The molecule has 148 valence electrons. The van der Waals surface area contributed by atoms with E-state index in [0.717, 1.165) is 5.56 Å². The molecule has 0 radical (unpaired) electrons. The lowest BCUT2D eigenvalue weighted by Gasteiger charge is -2.36. The maximum Gasteiger partial charge on any atom is 0.260 e. The Bertz CT molecular complexity index is 867. The maximum atomic E-state index is 12.7. The zero-order chi connectivity index (χ0) is 18.7. The number of imidazole rings is 1. The highest BCUT2D eigenvalue weighted by atomic mass is 35.5. The van der Waals surface area contributed by atoms with Gasteiger partial charge in [-0.15, -0.1) is 12.4 Å². The van der Waals surface area contributed by atoms with Gasteiger partial charge in [-0.05, 0) is 18.6 Å². The fraction of sp³-hybridized carbons (Fsp3) is 0.438. The molecule has 1 atom stereocenters. The topological polar surface area (TPSA) is 109 Å². The summed E-state index contributed by atoms with van der Waals surface area (Å²) in [7, 11) is -2.12. The van der Waals surface area contributed by atoms with Gasteiger partial charge in [0.1, 0.15) is 5.82 Å². The number of aromatic nitrogens is 3. The lowest BCUT2D eigenvalue weighted by atomic mass is 10.1. The summed E-state index contributed by atoms with van der Waals surface area (Å²) < 4.78 is 28.7. The van der Waals surface area contributed by atoms with E-state index >= 15 is 0 Å². The van der Waals surface area contributed by atoms with E-state index in [1.54, 1.807) is 35.8 Å². The molecule has 3 heterocycles. The summed E-state index contributed by atoms with van der Waals surface area (Å²) in [5.41, 5.74) is 0.913. The Morgan fingerprint density at radius 1 is 1.44 bits per heavy atom. The van der Waals surface area contributed by atoms with Gasteiger partial charge in [-0.1, -0.05) is 6.07 Å². The molecule has 9 nitrogen and oxygen atoms in total. The number of aryl methyl sites for hydroxylation is 2. The SMILES string of the molecule is Cc1nc(S(=O)(=O)NCC(=O)N2CCNCC2c2cccnc2)cn1C.Cl. The molecule has 0 aromatic carbocycles. The van der Waals surface area contributed by atoms with Gasteiger partial charge < -0.3 is 14.8 Å². The van der Waals surface area contributed by atoms with Crippen LogP contribution in [0.3, 0.4) is 0 Å². The number of carbonyl (C=O) groups excluding carboxylic acids is 1. The molecule has 11 heteroatoms. The highest BCUT2D eigenvalue weighted by molar-refractivity contribution is 7.89. The largest absolute Gasteiger partial charge is 0.337 e. The van der Waals surface area contributed by atoms with Crippen LogP contribution in [-0.2, 0) is 21.9 Å². The molecule has 2 N–H and O–H groups in total. The van der Waals surface area contributed by atoms with Crippen molar-refractivity contribution in [2.24, 2.45) is 7.05 Å². The minimum absolute atomic E-state index is 0. The molecule has 0 saturated carbocycles. The van der Waals surface area contributed by atoms with Crippen LogP contribution in [-0.4, -0.2) is 59.9 Å². The third kappa shape index (κ3) is 4.83. The van der Waals surface area contributed by atoms with Crippen LogP contribution in [0, 0.1) is 6.92 Å². The zero-order valence-electron chi connectivity index (χ0n) is 15.1. The van der Waals surface area contributed by atoms with E-state index in [-0.39, 0.29) is 35.9 Å². The lowest BCUT2D eigenvalue weighted by molar-refractivity contribution is -0.133. The maximum absolute atomic E-state index is 12.7. The molecule has 1 fully saturated rings. The lowest BCUT2D eigenvalue weighted by Crippen LogP contribution is -2.51. The van der Waals surface area contributed by atoms with Crippen LogP contribution in [0.1, 0.15) is 17.4 Å². The number of rotatable bonds is 5. The van der Waals surface area contributed by atoms with Gasteiger partial charge in [0.2, 0.25) is 5.91 Å². The van der Waals surface area contributed by atoms with Crippen LogP contribution in [0.25, 0.3) is 0 Å². The second-order valence-electron chi connectivity index (χ2n) is 6.16. The molecule has 2 aromatic rings. The second kappa shape index (κ2) is 8.79. The monoisotopic (exact) mass is 414 g/mol. The Labute approximate surface area is 164 Å². The van der Waals surface area contributed by atoms with E-state index in [0.29, 0.717) is 25.5 Å². The number of halogens is 1. The fourth-order valence-electron chi connectivity index (χ4n) is 2.86. The van der Waals surface area contributed by atoms with Crippen molar-refractivity contribution in [1.82, 2.24) is 29.5 Å². The van der Waals surface area contributed by atoms with Crippen molar-refractivity contribution in [3.8, 4) is 0 Å². The molecule has 1 unspecified atom stereocenters. The van der Waals surface area contributed by atoms with Gasteiger partial charge in [-0.3, -0.25) is 9.78 Å². The van der Waals surface area contributed by atoms with Gasteiger partial charge in [-0.25, -0.2) is 18.1 Å². The van der Waals surface area contributed by atoms with Crippen molar-refractivity contribution in [2.75, 3.05) is 26.2 Å². The molecule has 1 aliphatic heterocycles. The third-order valence-electron chi connectivity index (χ3n) is 4.41. The highest BCUT2D eigenvalue weighted by Gasteiger charge is 2.29. The van der Waals surface area contributed by atoms with Gasteiger partial charge in [0, 0.05) is 45.3 Å². The van der Waals surface area contributed by atoms with Crippen LogP contribution in [0.15, 0.2) is 35.7 Å². The number of nitrogens with one attached hydrogen (secondary N) is 2. The summed E-state index contributed by atoms with van der Waals surface area (Å²) in [4.78, 5) is 22.4. The molecular weight excluding hydrogens is 392 g/mol. The van der Waals surface area contributed by atoms with E-state index < -0.39 is 10.0 Å². The summed E-state index contributed by atoms with van der Waals surface area (Å²) in [6.45, 7) is 3.17. The van der Waals surface area contributed by atoms with Crippen LogP contribution >= 0.6 is 12.4 Å². The first kappa shape index (κ1) is 21.3. The van der Waals surface area contributed by atoms with E-state index in [1.165, 1.54) is 6.20 Å². The first-order valence-electron chi connectivity index (χ1n) is 8.28. The molecule has 2 aromatic heterocycles. The summed E-state index contributed by atoms with van der Waals surface area (Å²) >= 11 is 0. The molecule has 0 spiro atoms. The first-order chi connectivity index (χ1) is 12.4. The van der Waals surface area contributed by atoms with Gasteiger partial charge in [0.05, 0.1) is 12.6 Å². The van der Waals surface area contributed by atoms with Gasteiger partial charge in [-0.2, -0.15) is 0 Å². The average Bonchev–Trinajstić information content (AvgIpc) is 3.00. The van der Waals surface area contributed by atoms with E-state index in [1.807, 2.05) is 12.1 Å². The van der Waals surface area contributed by atoms with E-state index in [9.17, 15) is 13.2 Å². The van der Waals surface area contributed by atoms with E-state index in [2.05, 4.69) is 20.0 Å². The predicted molar refractivity (Wildman–Crippen MR) is 102 cm³/mol. The van der Waals surface area contributed by atoms with Gasteiger partial charge >= 0.3 is 0 Å². The van der Waals surface area contributed by atoms with Crippen molar-refractivity contribution in [3.05, 3.63) is 42.1 Å². The Hall–Kier alpha value is -2.01. The zero-order valence-corrected chi connectivity index (χ0v) is 16.8. The normalized spacial score (nSPS) is 17.4. The highest BCUT2D eigenvalue weighted by Crippen LogP contribution is 2.21. The minimum atomic E-state index is -3.84. The number of amides is 1. The standard InChI is InChI=1S/C16H22N6O3S.ClH/c1-12-20-15(11-21(12)2)26(24,25)19-10-16(23)22-7-6-18-9-14(22)13-4-3-5-17-8-13;/h3-5,8,11,14,18-19H,6-7,9-10H2,1-2H3;1H. The summed E-state index contributed by atoms with van der Waals surface area (Å²) in [5, 5.41) is 3.16. The summed E-state index contributed by atoms with van der Waals surface area (Å²) in [5.74, 6) is 0.298. The molecule has 1 aliphatic rings. The second-order valence-corrected chi connectivity index (χ2v) is 7.87. The van der Waals surface area contributed by atoms with Crippen LogP contribution < -0.4 is 10.0 Å². The van der Waals surface area contributed by atoms with E-state index in [4.69, 9.17) is 0 Å². The summed E-state index contributed by atoms with van der Waals surface area (Å²) in [6.07, 6.45) is 4.82. The Kier molecular flexibility index (Phi) is 6.93. The Balaban J connectivity index is 0.00000261. The van der Waals surface area contributed by atoms with Crippen molar-refractivity contribution >= 4 is 28.3 Å². The summed E-state index contributed by atoms with van der Waals surface area (Å²) in [6, 6.07) is 3.55. The number of hydrogen-bond donors (Lipinski definition) is 2. The fourth-order valence-corrected chi connectivity index (χ4v) is 3.87. The molecule has 0 aliphatic carbocycles. The van der Waals surface area contributed by atoms with Crippen LogP contribution in [0.2, 0.25) is 0 Å². The Morgan fingerprint density at radius 2 is 2.22 bits per heavy atom. The van der Waals surface area contributed by atoms with Crippen molar-refractivity contribution in [1.29, 1.82) is 0 Å².